The first-order valence-corrected chi connectivity index (χ1v) is 5.71. The molecular weight excluding hydrogens is 216 g/mol. The summed E-state index contributed by atoms with van der Waals surface area (Å²) < 4.78 is 0. The Morgan fingerprint density at radius 3 is 3.06 bits per heavy atom. The van der Waals surface area contributed by atoms with Crippen LogP contribution < -0.4 is 10.6 Å². The molecule has 2 atom stereocenters. The molecule has 0 saturated carbocycles. The van der Waals surface area contributed by atoms with Crippen molar-refractivity contribution in [2.75, 3.05) is 23.8 Å². The number of nitrogens with zero attached hydrogens (tertiary/aromatic N) is 3. The van der Waals surface area contributed by atoms with Crippen LogP contribution in [0.1, 0.15) is 19.0 Å². The number of aliphatic hydroxyl groups excluding tert-OH is 1. The molecule has 0 aliphatic carbocycles. The molecule has 2 rings (SSSR count). The van der Waals surface area contributed by atoms with Crippen LogP contribution in [0.15, 0.2) is 12.1 Å². The zero-order valence-corrected chi connectivity index (χ0v) is 9.80. The maximum Gasteiger partial charge on any atom is 0.165 e. The second kappa shape index (κ2) is 4.60. The molecule has 0 spiro atoms. The van der Waals surface area contributed by atoms with Crippen LogP contribution >= 0.6 is 0 Å². The number of pyridine rings is 1. The normalized spacial score (nSPS) is 23.7. The highest BCUT2D eigenvalue weighted by molar-refractivity contribution is 5.56. The van der Waals surface area contributed by atoms with Crippen molar-refractivity contribution in [1.82, 2.24) is 4.98 Å². The van der Waals surface area contributed by atoms with Gasteiger partial charge in [0.25, 0.3) is 0 Å². The average molecular weight is 232 g/mol. The highest BCUT2D eigenvalue weighted by Gasteiger charge is 2.31. The van der Waals surface area contributed by atoms with Gasteiger partial charge in [-0.25, -0.2) is 4.98 Å². The number of nitriles is 1. The molecule has 1 aliphatic heterocycles. The van der Waals surface area contributed by atoms with E-state index in [0.29, 0.717) is 11.6 Å². The monoisotopic (exact) mass is 232 g/mol. The Bertz CT molecular complexity index is 454. The quantitative estimate of drug-likeness (QED) is 0.785. The van der Waals surface area contributed by atoms with Gasteiger partial charge in [0, 0.05) is 6.54 Å². The number of aliphatic hydroxyl groups is 1. The molecule has 0 radical (unpaired) electrons. The minimum Gasteiger partial charge on any atom is -0.396 e. The van der Waals surface area contributed by atoms with Crippen LogP contribution in [0.25, 0.3) is 0 Å². The van der Waals surface area contributed by atoms with Gasteiger partial charge in [-0.15, -0.1) is 0 Å². The van der Waals surface area contributed by atoms with Crippen molar-refractivity contribution in [2.45, 2.75) is 19.4 Å². The topological polar surface area (TPSA) is 86.2 Å². The Morgan fingerprint density at radius 2 is 2.41 bits per heavy atom. The number of anilines is 2. The highest BCUT2D eigenvalue weighted by Crippen LogP contribution is 2.28. The number of aromatic nitrogens is 1. The number of hydrogen-bond donors (Lipinski definition) is 2. The maximum absolute atomic E-state index is 9.39. The van der Waals surface area contributed by atoms with E-state index < -0.39 is 0 Å². The predicted octanol–water partition coefficient (Wildman–Crippen LogP) is 0.743. The van der Waals surface area contributed by atoms with Crippen molar-refractivity contribution in [3.63, 3.8) is 0 Å². The third kappa shape index (κ3) is 2.04. The number of hydrogen-bond acceptors (Lipinski definition) is 5. The van der Waals surface area contributed by atoms with E-state index in [0.717, 1.165) is 18.8 Å². The lowest BCUT2D eigenvalue weighted by atomic mass is 10.0. The van der Waals surface area contributed by atoms with Gasteiger partial charge in [-0.05, 0) is 24.5 Å². The van der Waals surface area contributed by atoms with Crippen molar-refractivity contribution in [3.8, 4) is 6.07 Å². The lowest BCUT2D eigenvalue weighted by molar-refractivity contribution is 0.244. The Morgan fingerprint density at radius 1 is 1.65 bits per heavy atom. The second-order valence-corrected chi connectivity index (χ2v) is 4.43. The summed E-state index contributed by atoms with van der Waals surface area (Å²) in [6.45, 7) is 3.08. The zero-order chi connectivity index (χ0) is 12.4. The first-order chi connectivity index (χ1) is 8.17. The molecule has 1 aromatic heterocycles. The zero-order valence-electron chi connectivity index (χ0n) is 9.80. The van der Waals surface area contributed by atoms with E-state index in [1.807, 2.05) is 11.0 Å². The molecule has 2 unspecified atom stereocenters. The Hall–Kier alpha value is -1.80. The van der Waals surface area contributed by atoms with Crippen LogP contribution in [0.2, 0.25) is 0 Å². The van der Waals surface area contributed by atoms with Crippen LogP contribution in [0, 0.1) is 17.2 Å². The molecule has 0 amide bonds. The molecule has 1 aliphatic rings. The highest BCUT2D eigenvalue weighted by atomic mass is 16.3. The van der Waals surface area contributed by atoms with Crippen molar-refractivity contribution in [2.24, 2.45) is 5.92 Å². The van der Waals surface area contributed by atoms with E-state index >= 15 is 0 Å². The minimum absolute atomic E-state index is 0.0812. The van der Waals surface area contributed by atoms with E-state index in [1.54, 1.807) is 12.1 Å². The van der Waals surface area contributed by atoms with Crippen LogP contribution in [-0.4, -0.2) is 29.3 Å². The minimum atomic E-state index is 0.0812. The van der Waals surface area contributed by atoms with Gasteiger partial charge in [-0.3, -0.25) is 0 Å². The summed E-state index contributed by atoms with van der Waals surface area (Å²) in [5.74, 6) is 1.16. The summed E-state index contributed by atoms with van der Waals surface area (Å²) in [5, 5.41) is 18.3. The Labute approximate surface area is 100 Å². The Kier molecular flexibility index (Phi) is 3.16. The number of nitrogens with two attached hydrogens (primary N) is 1. The van der Waals surface area contributed by atoms with Crippen molar-refractivity contribution < 1.29 is 5.11 Å². The van der Waals surface area contributed by atoms with Crippen molar-refractivity contribution >= 4 is 11.5 Å². The van der Waals surface area contributed by atoms with E-state index in [1.165, 1.54) is 0 Å². The van der Waals surface area contributed by atoms with Crippen LogP contribution in [0.4, 0.5) is 11.5 Å². The fraction of sp³-hybridized carbons (Fsp3) is 0.500. The smallest absolute Gasteiger partial charge is 0.165 e. The van der Waals surface area contributed by atoms with Gasteiger partial charge >= 0.3 is 0 Å². The van der Waals surface area contributed by atoms with Gasteiger partial charge in [0.2, 0.25) is 0 Å². The fourth-order valence-electron chi connectivity index (χ4n) is 2.28. The summed E-state index contributed by atoms with van der Waals surface area (Å²) >= 11 is 0. The summed E-state index contributed by atoms with van der Waals surface area (Å²) in [5.41, 5.74) is 6.28. The fourth-order valence-corrected chi connectivity index (χ4v) is 2.28. The molecule has 2 heterocycles. The molecule has 1 aromatic rings. The molecule has 3 N–H and O–H groups in total. The van der Waals surface area contributed by atoms with E-state index in [9.17, 15) is 5.11 Å². The Balaban J connectivity index is 2.32. The van der Waals surface area contributed by atoms with Gasteiger partial charge in [-0.1, -0.05) is 6.92 Å². The lowest BCUT2D eigenvalue weighted by Gasteiger charge is -2.26. The summed E-state index contributed by atoms with van der Waals surface area (Å²) in [6.07, 6.45) is 1.03. The van der Waals surface area contributed by atoms with Crippen molar-refractivity contribution in [1.29, 1.82) is 5.26 Å². The molecule has 0 aromatic carbocycles. The standard InChI is InChI=1S/C12H16N4O/c1-8-4-5-16(11(8)7-17)12-3-2-9(14)10(6-13)15-12/h2-3,8,11,17H,4-5,7,14H2,1H3. The second-order valence-electron chi connectivity index (χ2n) is 4.43. The first kappa shape index (κ1) is 11.7. The van der Waals surface area contributed by atoms with Gasteiger partial charge in [-0.2, -0.15) is 5.26 Å². The van der Waals surface area contributed by atoms with E-state index in [-0.39, 0.29) is 18.3 Å². The largest absolute Gasteiger partial charge is 0.396 e. The summed E-state index contributed by atoms with van der Waals surface area (Å²) in [4.78, 5) is 6.28. The summed E-state index contributed by atoms with van der Waals surface area (Å²) in [6, 6.07) is 5.55. The van der Waals surface area contributed by atoms with Gasteiger partial charge in [0.15, 0.2) is 5.69 Å². The van der Waals surface area contributed by atoms with Crippen LogP contribution in [0.3, 0.4) is 0 Å². The van der Waals surface area contributed by atoms with E-state index in [4.69, 9.17) is 11.0 Å². The maximum atomic E-state index is 9.39. The van der Waals surface area contributed by atoms with Crippen LogP contribution in [0.5, 0.6) is 0 Å². The van der Waals surface area contributed by atoms with Crippen LogP contribution in [-0.2, 0) is 0 Å². The van der Waals surface area contributed by atoms with Gasteiger partial charge in [0.1, 0.15) is 11.9 Å². The molecule has 1 fully saturated rings. The first-order valence-electron chi connectivity index (χ1n) is 5.71. The van der Waals surface area contributed by atoms with E-state index in [2.05, 4.69) is 11.9 Å². The molecule has 0 bridgehead atoms. The third-order valence-electron chi connectivity index (χ3n) is 3.38. The average Bonchev–Trinajstić information content (AvgIpc) is 2.71. The van der Waals surface area contributed by atoms with Gasteiger partial charge in [0.05, 0.1) is 18.3 Å². The van der Waals surface area contributed by atoms with Crippen molar-refractivity contribution in [3.05, 3.63) is 17.8 Å². The molecule has 1 saturated heterocycles. The lowest BCUT2D eigenvalue weighted by Crippen LogP contribution is -2.35. The molecule has 90 valence electrons. The third-order valence-corrected chi connectivity index (χ3v) is 3.38. The molecular formula is C12H16N4O. The van der Waals surface area contributed by atoms with Gasteiger partial charge < -0.3 is 15.7 Å². The predicted molar refractivity (Wildman–Crippen MR) is 65.4 cm³/mol. The summed E-state index contributed by atoms with van der Waals surface area (Å²) in [7, 11) is 0. The SMILES string of the molecule is CC1CCN(c2ccc(N)c(C#N)n2)C1CO. The molecule has 5 nitrogen and oxygen atoms in total. The molecule has 17 heavy (non-hydrogen) atoms. The number of nitrogen functional groups attached to an aromatic ring is 1. The number of rotatable bonds is 2. The molecule has 5 heteroatoms.